The summed E-state index contributed by atoms with van der Waals surface area (Å²) in [5.74, 6) is -2.32. The van der Waals surface area contributed by atoms with E-state index in [0.717, 1.165) is 11.1 Å². The number of carboxylic acids is 1. The number of aliphatic carboxylic acids is 1. The van der Waals surface area contributed by atoms with Gasteiger partial charge in [0, 0.05) is 11.8 Å². The van der Waals surface area contributed by atoms with Gasteiger partial charge in [0.05, 0.1) is 4.90 Å². The fourth-order valence-corrected chi connectivity index (χ4v) is 6.02. The Kier molecular flexibility index (Phi) is 4.29. The van der Waals surface area contributed by atoms with Gasteiger partial charge in [0.1, 0.15) is 0 Å². The van der Waals surface area contributed by atoms with Crippen LogP contribution in [-0.4, -0.2) is 24.2 Å². The van der Waals surface area contributed by atoms with Crippen molar-refractivity contribution >= 4 is 15.8 Å². The lowest BCUT2D eigenvalue weighted by molar-refractivity contribution is -0.141. The number of benzene rings is 2. The molecular formula is C20H20O4S. The third-order valence-electron chi connectivity index (χ3n) is 5.26. The highest BCUT2D eigenvalue weighted by atomic mass is 32.2. The zero-order valence-electron chi connectivity index (χ0n) is 13.9. The van der Waals surface area contributed by atoms with Crippen LogP contribution in [0, 0.1) is 0 Å². The monoisotopic (exact) mass is 356 g/mol. The maximum atomic E-state index is 13.4. The van der Waals surface area contributed by atoms with Gasteiger partial charge in [-0.2, -0.15) is 0 Å². The van der Waals surface area contributed by atoms with Gasteiger partial charge < -0.3 is 5.11 Å². The first-order valence-corrected chi connectivity index (χ1v) is 9.59. The van der Waals surface area contributed by atoms with Crippen LogP contribution in [0.4, 0.5) is 0 Å². The second-order valence-electron chi connectivity index (χ2n) is 6.41. The number of rotatable bonds is 4. The van der Waals surface area contributed by atoms with Crippen molar-refractivity contribution < 1.29 is 18.3 Å². The number of hydrogen-bond acceptors (Lipinski definition) is 3. The highest BCUT2D eigenvalue weighted by Crippen LogP contribution is 2.51. The molecule has 0 aromatic heterocycles. The Morgan fingerprint density at radius 3 is 2.24 bits per heavy atom. The Hall–Kier alpha value is -2.40. The minimum atomic E-state index is -4.11. The molecule has 3 rings (SSSR count). The van der Waals surface area contributed by atoms with Crippen LogP contribution in [0.3, 0.4) is 0 Å². The van der Waals surface area contributed by atoms with Crippen molar-refractivity contribution in [1.82, 2.24) is 0 Å². The van der Waals surface area contributed by atoms with Gasteiger partial charge in [-0.3, -0.25) is 4.79 Å². The fourth-order valence-electron chi connectivity index (χ4n) is 3.86. The summed E-state index contributed by atoms with van der Waals surface area (Å²) in [4.78, 5) is 12.4. The highest BCUT2D eigenvalue weighted by molar-refractivity contribution is 7.93. The summed E-state index contributed by atoms with van der Waals surface area (Å²) in [5.41, 5.74) is 1.70. The van der Waals surface area contributed by atoms with Gasteiger partial charge in [0.25, 0.3) is 0 Å². The lowest BCUT2D eigenvalue weighted by Gasteiger charge is -2.42. The van der Waals surface area contributed by atoms with Crippen molar-refractivity contribution in [3.63, 3.8) is 0 Å². The molecule has 25 heavy (non-hydrogen) atoms. The molecule has 2 aromatic rings. The molecule has 0 heterocycles. The van der Waals surface area contributed by atoms with E-state index < -0.39 is 26.5 Å². The summed E-state index contributed by atoms with van der Waals surface area (Å²) >= 11 is 0. The molecule has 0 spiro atoms. The molecule has 0 aliphatic heterocycles. The minimum absolute atomic E-state index is 0.0265. The molecule has 1 aliphatic rings. The first-order chi connectivity index (χ1) is 11.9. The topological polar surface area (TPSA) is 71.4 Å². The predicted molar refractivity (Wildman–Crippen MR) is 96.4 cm³/mol. The summed E-state index contributed by atoms with van der Waals surface area (Å²) < 4.78 is 24.9. The minimum Gasteiger partial charge on any atom is -0.480 e. The summed E-state index contributed by atoms with van der Waals surface area (Å²) in [6, 6.07) is 15.2. The van der Waals surface area contributed by atoms with Crippen LogP contribution >= 0.6 is 0 Å². The molecule has 1 N–H and O–H groups in total. The highest BCUT2D eigenvalue weighted by Gasteiger charge is 2.59. The van der Waals surface area contributed by atoms with Crippen LogP contribution in [0.1, 0.15) is 36.3 Å². The van der Waals surface area contributed by atoms with E-state index in [-0.39, 0.29) is 17.2 Å². The van der Waals surface area contributed by atoms with Gasteiger partial charge in [-0.15, -0.1) is 6.58 Å². The number of fused-ring (bicyclic) bond motifs is 1. The smallest absolute Gasteiger partial charge is 0.326 e. The second-order valence-corrected chi connectivity index (χ2v) is 8.61. The largest absolute Gasteiger partial charge is 0.480 e. The van der Waals surface area contributed by atoms with Crippen molar-refractivity contribution in [2.24, 2.45) is 0 Å². The van der Waals surface area contributed by atoms with E-state index in [9.17, 15) is 18.3 Å². The Morgan fingerprint density at radius 1 is 1.12 bits per heavy atom. The number of carbonyl (C=O) groups is 1. The molecule has 130 valence electrons. The van der Waals surface area contributed by atoms with Crippen LogP contribution in [0.15, 0.2) is 72.1 Å². The molecule has 3 atom stereocenters. The molecule has 0 saturated heterocycles. The van der Waals surface area contributed by atoms with E-state index in [0.29, 0.717) is 0 Å². The number of hydrogen-bond donors (Lipinski definition) is 1. The zero-order chi connectivity index (χ0) is 18.2. The second kappa shape index (κ2) is 6.15. The Morgan fingerprint density at radius 2 is 1.68 bits per heavy atom. The molecule has 3 unspecified atom stereocenters. The van der Waals surface area contributed by atoms with Crippen LogP contribution in [-0.2, 0) is 14.6 Å². The van der Waals surface area contributed by atoms with E-state index >= 15 is 0 Å². The molecule has 0 saturated carbocycles. The average Bonchev–Trinajstić information content (AvgIpc) is 2.62. The van der Waals surface area contributed by atoms with Crippen LogP contribution in [0.2, 0.25) is 0 Å². The molecule has 0 fully saturated rings. The predicted octanol–water partition coefficient (Wildman–Crippen LogP) is 3.76. The van der Waals surface area contributed by atoms with Gasteiger partial charge in [-0.05, 0) is 29.7 Å². The summed E-state index contributed by atoms with van der Waals surface area (Å²) in [6.45, 7) is 5.49. The molecule has 5 heteroatoms. The van der Waals surface area contributed by atoms with Crippen molar-refractivity contribution in [3.8, 4) is 0 Å². The van der Waals surface area contributed by atoms with Gasteiger partial charge in [-0.1, -0.05) is 55.5 Å². The van der Waals surface area contributed by atoms with Crippen molar-refractivity contribution in [3.05, 3.63) is 78.4 Å². The quantitative estimate of drug-likeness (QED) is 0.847. The Labute approximate surface area is 147 Å². The van der Waals surface area contributed by atoms with Gasteiger partial charge in [0.15, 0.2) is 14.6 Å². The first-order valence-electron chi connectivity index (χ1n) is 8.10. The lowest BCUT2D eigenvalue weighted by Crippen LogP contribution is -2.53. The normalized spacial score (nSPS) is 25.8. The number of sulfone groups is 1. The molecule has 2 aromatic carbocycles. The SMILES string of the molecule is C=CC1CC(C(=O)O)(S(=O)(=O)c2ccccc2)C(C)c2ccccc21. The van der Waals surface area contributed by atoms with Crippen molar-refractivity contribution in [2.45, 2.75) is 34.8 Å². The fraction of sp³-hybridized carbons (Fsp3) is 0.250. The first kappa shape index (κ1) is 17.4. The van der Waals surface area contributed by atoms with E-state index in [1.54, 1.807) is 31.2 Å². The Bertz CT molecular complexity index is 918. The maximum Gasteiger partial charge on any atom is 0.326 e. The average molecular weight is 356 g/mol. The van der Waals surface area contributed by atoms with E-state index in [2.05, 4.69) is 6.58 Å². The van der Waals surface area contributed by atoms with Crippen molar-refractivity contribution in [1.29, 1.82) is 0 Å². The lowest BCUT2D eigenvalue weighted by atomic mass is 9.70. The van der Waals surface area contributed by atoms with Gasteiger partial charge in [-0.25, -0.2) is 8.42 Å². The summed E-state index contributed by atoms with van der Waals surface area (Å²) in [7, 11) is -4.11. The molecule has 0 bridgehead atoms. The third kappa shape index (κ3) is 2.42. The van der Waals surface area contributed by atoms with Gasteiger partial charge in [0.2, 0.25) is 0 Å². The molecule has 0 radical (unpaired) electrons. The zero-order valence-corrected chi connectivity index (χ0v) is 14.7. The van der Waals surface area contributed by atoms with Crippen LogP contribution < -0.4 is 0 Å². The van der Waals surface area contributed by atoms with E-state index in [4.69, 9.17) is 0 Å². The number of allylic oxidation sites excluding steroid dienone is 1. The summed E-state index contributed by atoms with van der Waals surface area (Å²) in [5, 5.41) is 10.1. The van der Waals surface area contributed by atoms with E-state index in [1.165, 1.54) is 12.1 Å². The molecule has 4 nitrogen and oxygen atoms in total. The van der Waals surface area contributed by atoms with Crippen LogP contribution in [0.25, 0.3) is 0 Å². The molecule has 1 aliphatic carbocycles. The van der Waals surface area contributed by atoms with Crippen molar-refractivity contribution in [2.75, 3.05) is 0 Å². The summed E-state index contributed by atoms with van der Waals surface area (Å²) in [6.07, 6.45) is 1.62. The maximum absolute atomic E-state index is 13.4. The van der Waals surface area contributed by atoms with Gasteiger partial charge >= 0.3 is 5.97 Å². The molecule has 0 amide bonds. The van der Waals surface area contributed by atoms with Crippen LogP contribution in [0.5, 0.6) is 0 Å². The molecular weight excluding hydrogens is 336 g/mol. The van der Waals surface area contributed by atoms with E-state index in [1.807, 2.05) is 24.3 Å². The third-order valence-corrected chi connectivity index (χ3v) is 7.81. The Balaban J connectivity index is 2.30. The number of carboxylic acid groups (broad SMARTS) is 1. The standard InChI is InChI=1S/C20H20O4S/c1-3-15-13-20(19(21)22,14(2)17-11-7-8-12-18(15)17)25(23,24)16-9-5-4-6-10-16/h3-12,14-15H,1,13H2,2H3,(H,21,22).